The minimum atomic E-state index is -0.0952. The van der Waals surface area contributed by atoms with Gasteiger partial charge in [0, 0.05) is 31.7 Å². The van der Waals surface area contributed by atoms with E-state index in [1.165, 1.54) is 12.8 Å². The fourth-order valence-electron chi connectivity index (χ4n) is 3.60. The molecule has 5 nitrogen and oxygen atoms in total. The van der Waals surface area contributed by atoms with Crippen LogP contribution in [0.15, 0.2) is 48.5 Å². The molecule has 1 aliphatic heterocycles. The lowest BCUT2D eigenvalue weighted by Crippen LogP contribution is -2.46. The van der Waals surface area contributed by atoms with Crippen molar-refractivity contribution in [3.05, 3.63) is 54.1 Å². The third-order valence-corrected chi connectivity index (χ3v) is 5.45. The summed E-state index contributed by atoms with van der Waals surface area (Å²) in [6.45, 7) is 10.2. The Morgan fingerprint density at radius 1 is 0.966 bits per heavy atom. The zero-order valence-electron chi connectivity index (χ0n) is 17.7. The van der Waals surface area contributed by atoms with Crippen molar-refractivity contribution in [3.63, 3.8) is 0 Å². The number of rotatable bonds is 9. The molecule has 0 aliphatic carbocycles. The average molecular weight is 396 g/mol. The molecular formula is C24H33N3O2. The summed E-state index contributed by atoms with van der Waals surface area (Å²) in [6, 6.07) is 15.5. The SMILES string of the molecule is CCCCCOc1ccc(C(=O)Nc2ccccc2N2CCN(CC)CC2)cc1. The standard InChI is InChI=1S/C24H33N3O2/c1-3-5-8-19-29-21-13-11-20(12-14-21)24(28)25-22-9-6-7-10-23(22)27-17-15-26(4-2)16-18-27/h6-7,9-14H,3-5,8,15-19H2,1-2H3,(H,25,28). The number of hydrogen-bond donors (Lipinski definition) is 1. The van der Waals surface area contributed by atoms with Crippen LogP contribution in [0.2, 0.25) is 0 Å². The quantitative estimate of drug-likeness (QED) is 0.628. The van der Waals surface area contributed by atoms with Crippen molar-refractivity contribution >= 4 is 17.3 Å². The second kappa shape index (κ2) is 10.9. The molecule has 2 aromatic rings. The lowest BCUT2D eigenvalue weighted by molar-refractivity contribution is 0.102. The van der Waals surface area contributed by atoms with Gasteiger partial charge in [0.25, 0.3) is 5.91 Å². The molecule has 1 heterocycles. The molecule has 156 valence electrons. The second-order valence-electron chi connectivity index (χ2n) is 7.47. The lowest BCUT2D eigenvalue weighted by Gasteiger charge is -2.36. The topological polar surface area (TPSA) is 44.8 Å². The summed E-state index contributed by atoms with van der Waals surface area (Å²) in [7, 11) is 0. The van der Waals surface area contributed by atoms with Gasteiger partial charge in [-0.3, -0.25) is 4.79 Å². The van der Waals surface area contributed by atoms with Gasteiger partial charge in [-0.25, -0.2) is 0 Å². The molecule has 1 aliphatic rings. The maximum absolute atomic E-state index is 12.8. The number of unbranched alkanes of at least 4 members (excludes halogenated alkanes) is 2. The Kier molecular flexibility index (Phi) is 7.94. The Bertz CT molecular complexity index is 768. The van der Waals surface area contributed by atoms with Crippen LogP contribution >= 0.6 is 0 Å². The van der Waals surface area contributed by atoms with Crippen LogP contribution < -0.4 is 15.0 Å². The van der Waals surface area contributed by atoms with Crippen molar-refractivity contribution in [2.75, 3.05) is 49.5 Å². The molecule has 1 saturated heterocycles. The molecule has 3 rings (SSSR count). The second-order valence-corrected chi connectivity index (χ2v) is 7.47. The van der Waals surface area contributed by atoms with Crippen LogP contribution in [0.25, 0.3) is 0 Å². The summed E-state index contributed by atoms with van der Waals surface area (Å²) in [5, 5.41) is 3.09. The Morgan fingerprint density at radius 2 is 1.69 bits per heavy atom. The van der Waals surface area contributed by atoms with Crippen LogP contribution in [-0.2, 0) is 0 Å². The van der Waals surface area contributed by atoms with Gasteiger partial charge in [-0.2, -0.15) is 0 Å². The normalized spacial score (nSPS) is 14.6. The van der Waals surface area contributed by atoms with Gasteiger partial charge in [-0.15, -0.1) is 0 Å². The monoisotopic (exact) mass is 395 g/mol. The highest BCUT2D eigenvalue weighted by atomic mass is 16.5. The van der Waals surface area contributed by atoms with Gasteiger partial charge >= 0.3 is 0 Å². The van der Waals surface area contributed by atoms with Crippen molar-refractivity contribution in [2.45, 2.75) is 33.1 Å². The number of nitrogens with zero attached hydrogens (tertiary/aromatic N) is 2. The number of nitrogens with one attached hydrogen (secondary N) is 1. The summed E-state index contributed by atoms with van der Waals surface area (Å²) in [4.78, 5) is 17.6. The van der Waals surface area contributed by atoms with E-state index in [0.29, 0.717) is 5.56 Å². The number of piperazine rings is 1. The highest BCUT2D eigenvalue weighted by molar-refractivity contribution is 6.06. The number of para-hydroxylation sites is 2. The third-order valence-electron chi connectivity index (χ3n) is 5.45. The van der Waals surface area contributed by atoms with Crippen molar-refractivity contribution in [1.29, 1.82) is 0 Å². The molecule has 29 heavy (non-hydrogen) atoms. The number of anilines is 2. The maximum Gasteiger partial charge on any atom is 0.255 e. The maximum atomic E-state index is 12.8. The number of hydrogen-bond acceptors (Lipinski definition) is 4. The highest BCUT2D eigenvalue weighted by Crippen LogP contribution is 2.27. The molecule has 0 saturated carbocycles. The molecule has 0 bridgehead atoms. The predicted molar refractivity (Wildman–Crippen MR) is 120 cm³/mol. The Labute approximate surface area is 174 Å². The summed E-state index contributed by atoms with van der Waals surface area (Å²) in [5.41, 5.74) is 2.59. The van der Waals surface area contributed by atoms with Crippen molar-refractivity contribution < 1.29 is 9.53 Å². The van der Waals surface area contributed by atoms with Gasteiger partial charge in [0.2, 0.25) is 0 Å². The Morgan fingerprint density at radius 3 is 2.38 bits per heavy atom. The van der Waals surface area contributed by atoms with Crippen LogP contribution in [0.5, 0.6) is 5.75 Å². The van der Waals surface area contributed by atoms with E-state index in [2.05, 4.69) is 35.0 Å². The number of carbonyl (C=O) groups excluding carboxylic acids is 1. The predicted octanol–water partition coefficient (Wildman–Crippen LogP) is 4.65. The zero-order valence-corrected chi connectivity index (χ0v) is 17.7. The summed E-state index contributed by atoms with van der Waals surface area (Å²) in [5.74, 6) is 0.717. The number of ether oxygens (including phenoxy) is 1. The molecule has 0 atom stereocenters. The van der Waals surface area contributed by atoms with Crippen LogP contribution in [0.3, 0.4) is 0 Å². The van der Waals surface area contributed by atoms with E-state index in [-0.39, 0.29) is 5.91 Å². The summed E-state index contributed by atoms with van der Waals surface area (Å²) < 4.78 is 5.74. The molecule has 1 fully saturated rings. The first-order chi connectivity index (χ1) is 14.2. The van der Waals surface area contributed by atoms with Gasteiger partial charge in [0.15, 0.2) is 0 Å². The minimum Gasteiger partial charge on any atom is -0.494 e. The first-order valence-corrected chi connectivity index (χ1v) is 10.8. The van der Waals surface area contributed by atoms with Crippen LogP contribution in [0.1, 0.15) is 43.5 Å². The lowest BCUT2D eigenvalue weighted by atomic mass is 10.1. The van der Waals surface area contributed by atoms with Gasteiger partial charge in [-0.05, 0) is 49.4 Å². The molecule has 0 unspecified atom stereocenters. The van der Waals surface area contributed by atoms with E-state index >= 15 is 0 Å². The van der Waals surface area contributed by atoms with Crippen molar-refractivity contribution in [3.8, 4) is 5.75 Å². The first kappa shape index (κ1) is 21.2. The summed E-state index contributed by atoms with van der Waals surface area (Å²) in [6.07, 6.45) is 3.41. The number of carbonyl (C=O) groups is 1. The van der Waals surface area contributed by atoms with E-state index < -0.39 is 0 Å². The molecule has 0 aromatic heterocycles. The zero-order chi connectivity index (χ0) is 20.5. The van der Waals surface area contributed by atoms with Crippen LogP contribution in [0.4, 0.5) is 11.4 Å². The molecule has 2 aromatic carbocycles. The van der Waals surface area contributed by atoms with E-state index in [4.69, 9.17) is 4.74 Å². The van der Waals surface area contributed by atoms with Gasteiger partial charge in [0.1, 0.15) is 5.75 Å². The molecular weight excluding hydrogens is 362 g/mol. The highest BCUT2D eigenvalue weighted by Gasteiger charge is 2.19. The van der Waals surface area contributed by atoms with E-state index in [0.717, 1.165) is 62.9 Å². The fourth-order valence-corrected chi connectivity index (χ4v) is 3.60. The Hall–Kier alpha value is -2.53. The van der Waals surface area contributed by atoms with Crippen LogP contribution in [-0.4, -0.2) is 50.1 Å². The average Bonchev–Trinajstić information content (AvgIpc) is 2.77. The van der Waals surface area contributed by atoms with Gasteiger partial charge in [-0.1, -0.05) is 38.8 Å². The van der Waals surface area contributed by atoms with Crippen molar-refractivity contribution in [2.24, 2.45) is 0 Å². The van der Waals surface area contributed by atoms with E-state index in [9.17, 15) is 4.79 Å². The van der Waals surface area contributed by atoms with Crippen LogP contribution in [0, 0.1) is 0 Å². The fraction of sp³-hybridized carbons (Fsp3) is 0.458. The van der Waals surface area contributed by atoms with E-state index in [1.54, 1.807) is 0 Å². The molecule has 1 amide bonds. The van der Waals surface area contributed by atoms with E-state index in [1.807, 2.05) is 42.5 Å². The first-order valence-electron chi connectivity index (χ1n) is 10.8. The van der Waals surface area contributed by atoms with Gasteiger partial charge in [0.05, 0.1) is 18.0 Å². The number of likely N-dealkylation sites (N-methyl/N-ethyl adjacent to an activating group) is 1. The number of amides is 1. The largest absolute Gasteiger partial charge is 0.494 e. The molecule has 0 spiro atoms. The molecule has 5 heteroatoms. The number of benzene rings is 2. The van der Waals surface area contributed by atoms with Gasteiger partial charge < -0.3 is 19.9 Å². The minimum absolute atomic E-state index is 0.0952. The Balaban J connectivity index is 1.61. The summed E-state index contributed by atoms with van der Waals surface area (Å²) >= 11 is 0. The third kappa shape index (κ3) is 5.97. The molecule has 1 N–H and O–H groups in total. The molecule has 0 radical (unpaired) electrons. The van der Waals surface area contributed by atoms with Crippen molar-refractivity contribution in [1.82, 2.24) is 4.90 Å². The smallest absolute Gasteiger partial charge is 0.255 e.